The highest BCUT2D eigenvalue weighted by molar-refractivity contribution is 5.95. The molecule has 2 saturated heterocycles. The molecule has 0 radical (unpaired) electrons. The van der Waals surface area contributed by atoms with E-state index in [-0.39, 0.29) is 34.8 Å². The number of hydrogen-bond donors (Lipinski definition) is 1. The van der Waals surface area contributed by atoms with Crippen molar-refractivity contribution in [1.82, 2.24) is 0 Å². The molecule has 43 heavy (non-hydrogen) atoms. The molecule has 2 aliphatic rings. The number of halogens is 4. The summed E-state index contributed by atoms with van der Waals surface area (Å²) in [6.07, 6.45) is 0. The second-order valence-corrected chi connectivity index (χ2v) is 10.2. The van der Waals surface area contributed by atoms with Gasteiger partial charge in [0.2, 0.25) is 0 Å². The van der Waals surface area contributed by atoms with Gasteiger partial charge < -0.3 is 25.0 Å². The molecule has 0 amide bonds. The lowest BCUT2D eigenvalue weighted by Crippen LogP contribution is -2.36. The third-order valence-electron chi connectivity index (χ3n) is 6.74. The third kappa shape index (κ3) is 10.8. The van der Waals surface area contributed by atoms with Gasteiger partial charge in [0, 0.05) is 60.8 Å². The highest BCUT2D eigenvalue weighted by Crippen LogP contribution is 2.23. The lowest BCUT2D eigenvalue weighted by molar-refractivity contribution is 0.100. The number of nitrogens with zero attached hydrogens (tertiary/aromatic N) is 2. The molecule has 2 aliphatic heterocycles. The second kappa shape index (κ2) is 16.2. The molecule has 2 fully saturated rings. The van der Waals surface area contributed by atoms with Gasteiger partial charge >= 0.3 is 0 Å². The van der Waals surface area contributed by atoms with Crippen LogP contribution in [0.3, 0.4) is 0 Å². The van der Waals surface area contributed by atoms with Gasteiger partial charge in [0.05, 0.1) is 26.4 Å². The minimum atomic E-state index is -0.727. The number of nitrogens with two attached hydrogens (primary N) is 1. The molecular weight excluding hydrogens is 566 g/mol. The van der Waals surface area contributed by atoms with Crippen molar-refractivity contribution in [2.45, 2.75) is 26.8 Å². The van der Waals surface area contributed by atoms with Gasteiger partial charge in [0.15, 0.2) is 11.6 Å². The molecule has 0 spiro atoms. The molecule has 3 aromatic rings. The SMILES string of the molecule is CC(=O)c1cc(F)cc(F)c1.CC(=O)c1cc(F)cc(N2CCOCC2)c1.CC(N)c1cc(F)cc(N2CCOCC2)c1. The summed E-state index contributed by atoms with van der Waals surface area (Å²) in [6.45, 7) is 10.3. The fourth-order valence-electron chi connectivity index (χ4n) is 4.40. The second-order valence-electron chi connectivity index (χ2n) is 10.2. The van der Waals surface area contributed by atoms with E-state index in [9.17, 15) is 27.2 Å². The van der Waals surface area contributed by atoms with Gasteiger partial charge in [0.25, 0.3) is 0 Å². The van der Waals surface area contributed by atoms with E-state index in [0.29, 0.717) is 32.0 Å². The summed E-state index contributed by atoms with van der Waals surface area (Å²) < 4.78 is 62.1. The van der Waals surface area contributed by atoms with Crippen molar-refractivity contribution in [3.8, 4) is 0 Å². The van der Waals surface area contributed by atoms with Crippen LogP contribution in [-0.4, -0.2) is 64.2 Å². The molecule has 2 N–H and O–H groups in total. The minimum Gasteiger partial charge on any atom is -0.378 e. The van der Waals surface area contributed by atoms with Gasteiger partial charge in [0.1, 0.15) is 23.3 Å². The first-order valence-corrected chi connectivity index (χ1v) is 13.9. The topological polar surface area (TPSA) is 85.1 Å². The summed E-state index contributed by atoms with van der Waals surface area (Å²) in [4.78, 5) is 26.0. The molecule has 3 aromatic carbocycles. The Morgan fingerprint density at radius 1 is 0.628 bits per heavy atom. The quantitative estimate of drug-likeness (QED) is 0.295. The largest absolute Gasteiger partial charge is 0.378 e. The number of ether oxygens (including phenoxy) is 2. The number of ketones is 2. The molecule has 1 atom stereocenters. The Labute approximate surface area is 249 Å². The van der Waals surface area contributed by atoms with E-state index in [1.165, 1.54) is 32.0 Å². The van der Waals surface area contributed by atoms with Crippen molar-refractivity contribution >= 4 is 22.9 Å². The zero-order valence-corrected chi connectivity index (χ0v) is 24.5. The zero-order valence-electron chi connectivity index (χ0n) is 24.5. The Morgan fingerprint density at radius 2 is 1.00 bits per heavy atom. The summed E-state index contributed by atoms with van der Waals surface area (Å²) in [5.74, 6) is -2.51. The van der Waals surface area contributed by atoms with Crippen molar-refractivity contribution < 1.29 is 36.6 Å². The van der Waals surface area contributed by atoms with E-state index in [0.717, 1.165) is 61.3 Å². The Bertz CT molecular complexity index is 1370. The minimum absolute atomic E-state index is 0.0579. The van der Waals surface area contributed by atoms with Gasteiger partial charge in [-0.25, -0.2) is 17.6 Å². The normalized spacial score (nSPS) is 15.4. The fraction of sp³-hybridized carbons (Fsp3) is 0.375. The van der Waals surface area contributed by atoms with Crippen molar-refractivity contribution in [1.29, 1.82) is 0 Å². The monoisotopic (exact) mass is 603 g/mol. The molecular formula is C32H37F4N3O4. The van der Waals surface area contributed by atoms with Crippen LogP contribution in [0.5, 0.6) is 0 Å². The maximum absolute atomic E-state index is 13.4. The predicted octanol–water partition coefficient (Wildman–Crippen LogP) is 5.71. The molecule has 11 heteroatoms. The number of anilines is 2. The first-order valence-electron chi connectivity index (χ1n) is 13.9. The Balaban J connectivity index is 0.000000180. The van der Waals surface area contributed by atoms with E-state index in [4.69, 9.17) is 15.2 Å². The zero-order chi connectivity index (χ0) is 31.5. The van der Waals surface area contributed by atoms with Crippen LogP contribution in [0.1, 0.15) is 53.1 Å². The van der Waals surface area contributed by atoms with Crippen LogP contribution >= 0.6 is 0 Å². The van der Waals surface area contributed by atoms with Crippen LogP contribution in [-0.2, 0) is 9.47 Å². The Hall–Kier alpha value is -3.80. The molecule has 0 aromatic heterocycles. The van der Waals surface area contributed by atoms with Crippen LogP contribution in [0.2, 0.25) is 0 Å². The first kappa shape index (κ1) is 33.7. The number of carbonyl (C=O) groups excluding carboxylic acids is 2. The summed E-state index contributed by atoms with van der Waals surface area (Å²) in [6, 6.07) is 12.1. The molecule has 0 bridgehead atoms. The molecule has 232 valence electrons. The fourth-order valence-corrected chi connectivity index (χ4v) is 4.40. The maximum atomic E-state index is 13.4. The van der Waals surface area contributed by atoms with E-state index in [1.807, 2.05) is 17.9 Å². The summed E-state index contributed by atoms with van der Waals surface area (Å²) in [5.41, 5.74) is 8.74. The average Bonchev–Trinajstić information content (AvgIpc) is 2.97. The van der Waals surface area contributed by atoms with Crippen LogP contribution in [0.15, 0.2) is 54.6 Å². The van der Waals surface area contributed by atoms with Gasteiger partial charge in [-0.1, -0.05) is 0 Å². The van der Waals surface area contributed by atoms with Crippen molar-refractivity contribution in [3.63, 3.8) is 0 Å². The Morgan fingerprint density at radius 3 is 1.42 bits per heavy atom. The summed E-state index contributed by atoms with van der Waals surface area (Å²) in [7, 11) is 0. The van der Waals surface area contributed by atoms with Gasteiger partial charge in [-0.05, 0) is 74.9 Å². The van der Waals surface area contributed by atoms with E-state index < -0.39 is 11.6 Å². The smallest absolute Gasteiger partial charge is 0.160 e. The molecule has 7 nitrogen and oxygen atoms in total. The average molecular weight is 604 g/mol. The lowest BCUT2D eigenvalue weighted by atomic mass is 10.1. The van der Waals surface area contributed by atoms with Crippen molar-refractivity contribution in [3.05, 3.63) is 94.6 Å². The van der Waals surface area contributed by atoms with Gasteiger partial charge in [-0.3, -0.25) is 9.59 Å². The molecule has 5 rings (SSSR count). The van der Waals surface area contributed by atoms with Crippen molar-refractivity contribution in [2.24, 2.45) is 5.73 Å². The number of morpholine rings is 2. The molecule has 0 saturated carbocycles. The number of hydrogen-bond acceptors (Lipinski definition) is 7. The highest BCUT2D eigenvalue weighted by Gasteiger charge is 2.15. The van der Waals surface area contributed by atoms with Crippen LogP contribution in [0.4, 0.5) is 28.9 Å². The van der Waals surface area contributed by atoms with Crippen LogP contribution < -0.4 is 15.5 Å². The summed E-state index contributed by atoms with van der Waals surface area (Å²) >= 11 is 0. The molecule has 1 unspecified atom stereocenters. The number of carbonyl (C=O) groups is 2. The van der Waals surface area contributed by atoms with E-state index >= 15 is 0 Å². The van der Waals surface area contributed by atoms with Crippen molar-refractivity contribution in [2.75, 3.05) is 62.4 Å². The standard InChI is InChI=1S/C12H17FN2O.C12H14FNO2.C8H6F2O/c1-9(14)10-6-11(13)8-12(7-10)15-2-4-16-5-3-15;1-9(15)10-6-11(13)8-12(7-10)14-2-4-16-5-3-14;1-5(11)6-2-7(9)4-8(10)3-6/h6-9H,2-5,14H2,1H3;6-8H,2-5H2,1H3;2-4H,1H3. The predicted molar refractivity (Wildman–Crippen MR) is 158 cm³/mol. The maximum Gasteiger partial charge on any atom is 0.160 e. The number of benzene rings is 3. The van der Waals surface area contributed by atoms with Gasteiger partial charge in [-0.2, -0.15) is 0 Å². The van der Waals surface area contributed by atoms with Gasteiger partial charge in [-0.15, -0.1) is 0 Å². The molecule has 0 aliphatic carbocycles. The third-order valence-corrected chi connectivity index (χ3v) is 6.74. The summed E-state index contributed by atoms with van der Waals surface area (Å²) in [5, 5.41) is 0. The van der Waals surface area contributed by atoms with E-state index in [2.05, 4.69) is 4.90 Å². The molecule has 2 heterocycles. The lowest BCUT2D eigenvalue weighted by Gasteiger charge is -2.29. The van der Waals surface area contributed by atoms with Crippen LogP contribution in [0, 0.1) is 23.3 Å². The highest BCUT2D eigenvalue weighted by atomic mass is 19.1. The number of rotatable bonds is 5. The van der Waals surface area contributed by atoms with E-state index in [1.54, 1.807) is 12.1 Å². The van der Waals surface area contributed by atoms with Crippen LogP contribution in [0.25, 0.3) is 0 Å². The Kier molecular flexibility index (Phi) is 12.7. The first-order chi connectivity index (χ1) is 20.4. The number of Topliss-reactive ketones (excluding diaryl/α,β-unsaturated/α-hetero) is 2.